The molecule has 0 saturated carbocycles. The number of morpholine rings is 1. The molecule has 0 aliphatic carbocycles. The van der Waals surface area contributed by atoms with Gasteiger partial charge in [-0.2, -0.15) is 0 Å². The lowest BCUT2D eigenvalue weighted by Crippen LogP contribution is -2.40. The van der Waals surface area contributed by atoms with Gasteiger partial charge in [0.25, 0.3) is 5.91 Å². The molecule has 2 aromatic carbocycles. The van der Waals surface area contributed by atoms with E-state index >= 15 is 0 Å². The Morgan fingerprint density at radius 3 is 2.39 bits per heavy atom. The Hall–Kier alpha value is -2.50. The molecular weight excluding hydrogens is 493 g/mol. The average Bonchev–Trinajstić information content (AvgIpc) is 2.73. The van der Waals surface area contributed by atoms with Crippen LogP contribution in [0.2, 0.25) is 0 Å². The minimum atomic E-state index is -3.82. The molecule has 0 aromatic heterocycles. The van der Waals surface area contributed by atoms with Gasteiger partial charge in [0.1, 0.15) is 12.4 Å². The molecule has 0 unspecified atom stereocenters. The van der Waals surface area contributed by atoms with Crippen molar-refractivity contribution in [3.05, 3.63) is 58.3 Å². The van der Waals surface area contributed by atoms with E-state index < -0.39 is 28.3 Å². The van der Waals surface area contributed by atoms with Gasteiger partial charge in [-0.15, -0.1) is 0 Å². The Bertz CT molecular complexity index is 1070. The molecular formula is C20H21BrFN3O5S. The summed E-state index contributed by atoms with van der Waals surface area (Å²) in [4.78, 5) is 26.6. The van der Waals surface area contributed by atoms with E-state index in [-0.39, 0.29) is 17.3 Å². The standard InChI is InChI=1S/C20H21BrFN3O5S/c1-31(28,29)25(13-19(26)23-18-7-4-15(21)12-17(18)22)16-5-2-14(3-6-16)20(27)24-8-10-30-11-9-24/h2-7,12H,8-11,13H2,1H3,(H,23,26). The first-order valence-corrected chi connectivity index (χ1v) is 12.0. The van der Waals surface area contributed by atoms with Gasteiger partial charge in [-0.3, -0.25) is 13.9 Å². The Balaban J connectivity index is 1.74. The predicted octanol–water partition coefficient (Wildman–Crippen LogP) is 2.47. The summed E-state index contributed by atoms with van der Waals surface area (Å²) in [6.07, 6.45) is 0.966. The second-order valence-corrected chi connectivity index (χ2v) is 9.72. The molecule has 1 aliphatic heterocycles. The molecule has 1 N–H and O–H groups in total. The van der Waals surface area contributed by atoms with Crippen molar-refractivity contribution in [1.29, 1.82) is 0 Å². The fraction of sp³-hybridized carbons (Fsp3) is 0.300. The Morgan fingerprint density at radius 1 is 1.16 bits per heavy atom. The molecule has 1 saturated heterocycles. The van der Waals surface area contributed by atoms with E-state index in [0.717, 1.165) is 10.6 Å². The molecule has 0 radical (unpaired) electrons. The van der Waals surface area contributed by atoms with Crippen molar-refractivity contribution in [2.75, 3.05) is 48.7 Å². The maximum absolute atomic E-state index is 14.0. The molecule has 1 heterocycles. The minimum Gasteiger partial charge on any atom is -0.378 e. The number of carbonyl (C=O) groups excluding carboxylic acids is 2. The monoisotopic (exact) mass is 513 g/mol. The lowest BCUT2D eigenvalue weighted by Gasteiger charge is -2.27. The quantitative estimate of drug-likeness (QED) is 0.639. The Morgan fingerprint density at radius 2 is 1.81 bits per heavy atom. The second-order valence-electron chi connectivity index (χ2n) is 6.89. The van der Waals surface area contributed by atoms with Crippen LogP contribution in [0.25, 0.3) is 0 Å². The van der Waals surface area contributed by atoms with Gasteiger partial charge in [0.15, 0.2) is 0 Å². The van der Waals surface area contributed by atoms with Crippen molar-refractivity contribution >= 4 is 49.1 Å². The number of halogens is 2. The molecule has 166 valence electrons. The highest BCUT2D eigenvalue weighted by Crippen LogP contribution is 2.22. The van der Waals surface area contributed by atoms with E-state index in [0.29, 0.717) is 36.3 Å². The van der Waals surface area contributed by atoms with Crippen LogP contribution in [0.5, 0.6) is 0 Å². The number of anilines is 2. The average molecular weight is 514 g/mol. The van der Waals surface area contributed by atoms with E-state index in [2.05, 4.69) is 21.2 Å². The predicted molar refractivity (Wildman–Crippen MR) is 118 cm³/mol. The van der Waals surface area contributed by atoms with Crippen molar-refractivity contribution in [1.82, 2.24) is 4.90 Å². The number of ether oxygens (including phenoxy) is 1. The largest absolute Gasteiger partial charge is 0.378 e. The number of amides is 2. The van der Waals surface area contributed by atoms with Crippen LogP contribution in [0.4, 0.5) is 15.8 Å². The molecule has 8 nitrogen and oxygen atoms in total. The van der Waals surface area contributed by atoms with Gasteiger partial charge >= 0.3 is 0 Å². The van der Waals surface area contributed by atoms with E-state index in [9.17, 15) is 22.4 Å². The highest BCUT2D eigenvalue weighted by molar-refractivity contribution is 9.10. The number of rotatable bonds is 6. The summed E-state index contributed by atoms with van der Waals surface area (Å²) in [6.45, 7) is 1.37. The fourth-order valence-corrected chi connectivity index (χ4v) is 4.22. The number of nitrogens with zero attached hydrogens (tertiary/aromatic N) is 2. The zero-order chi connectivity index (χ0) is 22.6. The van der Waals surface area contributed by atoms with E-state index in [4.69, 9.17) is 4.74 Å². The van der Waals surface area contributed by atoms with Crippen LogP contribution < -0.4 is 9.62 Å². The highest BCUT2D eigenvalue weighted by atomic mass is 79.9. The summed E-state index contributed by atoms with van der Waals surface area (Å²) in [5.41, 5.74) is 0.557. The topological polar surface area (TPSA) is 96.0 Å². The summed E-state index contributed by atoms with van der Waals surface area (Å²) in [5.74, 6) is -1.54. The molecule has 31 heavy (non-hydrogen) atoms. The zero-order valence-electron chi connectivity index (χ0n) is 16.7. The summed E-state index contributed by atoms with van der Waals surface area (Å²) in [5, 5.41) is 2.37. The molecule has 3 rings (SSSR count). The van der Waals surface area contributed by atoms with Gasteiger partial charge in [0.05, 0.1) is 30.8 Å². The first kappa shape index (κ1) is 23.2. The SMILES string of the molecule is CS(=O)(=O)N(CC(=O)Nc1ccc(Br)cc1F)c1ccc(C(=O)N2CCOCC2)cc1. The number of hydrogen-bond acceptors (Lipinski definition) is 5. The molecule has 2 amide bonds. The minimum absolute atomic E-state index is 0.0619. The van der Waals surface area contributed by atoms with Crippen LogP contribution in [0, 0.1) is 5.82 Å². The molecule has 1 fully saturated rings. The molecule has 1 aliphatic rings. The second kappa shape index (κ2) is 9.75. The number of hydrogen-bond donors (Lipinski definition) is 1. The third kappa shape index (κ3) is 6.02. The van der Waals surface area contributed by atoms with Crippen LogP contribution in [-0.2, 0) is 19.6 Å². The normalized spacial score (nSPS) is 14.2. The third-order valence-corrected chi connectivity index (χ3v) is 6.23. The van der Waals surface area contributed by atoms with Gasteiger partial charge in [-0.25, -0.2) is 12.8 Å². The first-order chi connectivity index (χ1) is 14.6. The van der Waals surface area contributed by atoms with Crippen molar-refractivity contribution in [3.63, 3.8) is 0 Å². The Labute approximate surface area is 188 Å². The highest BCUT2D eigenvalue weighted by Gasteiger charge is 2.23. The van der Waals surface area contributed by atoms with Gasteiger partial charge in [0, 0.05) is 23.1 Å². The molecule has 0 bridgehead atoms. The molecule has 11 heteroatoms. The van der Waals surface area contributed by atoms with E-state index in [1.165, 1.54) is 36.4 Å². The van der Waals surface area contributed by atoms with Crippen molar-refractivity contribution in [2.24, 2.45) is 0 Å². The van der Waals surface area contributed by atoms with Crippen LogP contribution in [0.15, 0.2) is 46.9 Å². The van der Waals surface area contributed by atoms with E-state index in [1.807, 2.05) is 0 Å². The lowest BCUT2D eigenvalue weighted by molar-refractivity contribution is -0.114. The van der Waals surface area contributed by atoms with Crippen LogP contribution in [0.3, 0.4) is 0 Å². The number of sulfonamides is 1. The van der Waals surface area contributed by atoms with Gasteiger partial charge in [0.2, 0.25) is 15.9 Å². The van der Waals surface area contributed by atoms with Crippen molar-refractivity contribution in [2.45, 2.75) is 0 Å². The first-order valence-electron chi connectivity index (χ1n) is 9.35. The van der Waals surface area contributed by atoms with Crippen LogP contribution in [0.1, 0.15) is 10.4 Å². The smallest absolute Gasteiger partial charge is 0.254 e. The van der Waals surface area contributed by atoms with Crippen LogP contribution >= 0.6 is 15.9 Å². The maximum Gasteiger partial charge on any atom is 0.254 e. The summed E-state index contributed by atoms with van der Waals surface area (Å²) < 4.78 is 45.1. The fourth-order valence-electron chi connectivity index (χ4n) is 3.03. The summed E-state index contributed by atoms with van der Waals surface area (Å²) >= 11 is 3.13. The Kier molecular flexibility index (Phi) is 7.29. The maximum atomic E-state index is 14.0. The third-order valence-electron chi connectivity index (χ3n) is 4.59. The molecule has 0 spiro atoms. The van der Waals surface area contributed by atoms with Gasteiger partial charge < -0.3 is 15.0 Å². The van der Waals surface area contributed by atoms with Crippen LogP contribution in [-0.4, -0.2) is 64.2 Å². The number of nitrogens with one attached hydrogen (secondary N) is 1. The lowest BCUT2D eigenvalue weighted by atomic mass is 10.1. The van der Waals surface area contributed by atoms with Gasteiger partial charge in [-0.1, -0.05) is 15.9 Å². The van der Waals surface area contributed by atoms with Gasteiger partial charge in [-0.05, 0) is 42.5 Å². The van der Waals surface area contributed by atoms with Crippen molar-refractivity contribution in [3.8, 4) is 0 Å². The zero-order valence-corrected chi connectivity index (χ0v) is 19.1. The number of benzene rings is 2. The molecule has 2 aromatic rings. The number of carbonyl (C=O) groups is 2. The molecule has 0 atom stereocenters. The van der Waals surface area contributed by atoms with Crippen molar-refractivity contribution < 1.29 is 27.1 Å². The summed E-state index contributed by atoms with van der Waals surface area (Å²) in [6, 6.07) is 10.1. The summed E-state index contributed by atoms with van der Waals surface area (Å²) in [7, 11) is -3.82. The van der Waals surface area contributed by atoms with E-state index in [1.54, 1.807) is 11.0 Å².